The fourth-order valence-corrected chi connectivity index (χ4v) is 4.79. The lowest BCUT2D eigenvalue weighted by atomic mass is 9.53. The SMILES string of the molecule is CC(CCl)OC(=O)NC12CC3CC(CC(C3)C1)C2. The van der Waals surface area contributed by atoms with Gasteiger partial charge in [0.15, 0.2) is 0 Å². The molecule has 4 saturated carbocycles. The van der Waals surface area contributed by atoms with E-state index >= 15 is 0 Å². The maximum absolute atomic E-state index is 11.9. The molecular weight excluding hydrogens is 250 g/mol. The smallest absolute Gasteiger partial charge is 0.407 e. The topological polar surface area (TPSA) is 38.3 Å². The third kappa shape index (κ3) is 2.34. The summed E-state index contributed by atoms with van der Waals surface area (Å²) < 4.78 is 5.26. The zero-order valence-electron chi connectivity index (χ0n) is 11.0. The third-order valence-corrected chi connectivity index (χ3v) is 5.37. The molecule has 0 aromatic rings. The quantitative estimate of drug-likeness (QED) is 0.800. The molecule has 4 fully saturated rings. The molecule has 4 rings (SSSR count). The molecule has 1 atom stereocenters. The van der Waals surface area contributed by atoms with E-state index < -0.39 is 0 Å². The third-order valence-electron chi connectivity index (χ3n) is 4.93. The maximum Gasteiger partial charge on any atom is 0.407 e. The van der Waals surface area contributed by atoms with Gasteiger partial charge in [-0.2, -0.15) is 0 Å². The first kappa shape index (κ1) is 12.6. The van der Waals surface area contributed by atoms with E-state index in [1.54, 1.807) is 0 Å². The molecule has 1 unspecified atom stereocenters. The van der Waals surface area contributed by atoms with Crippen LogP contribution in [0.25, 0.3) is 0 Å². The van der Waals surface area contributed by atoms with Crippen LogP contribution in [-0.4, -0.2) is 23.6 Å². The van der Waals surface area contributed by atoms with Gasteiger partial charge in [0.2, 0.25) is 0 Å². The molecule has 4 bridgehead atoms. The van der Waals surface area contributed by atoms with Crippen LogP contribution in [0, 0.1) is 17.8 Å². The van der Waals surface area contributed by atoms with E-state index in [4.69, 9.17) is 16.3 Å². The second kappa shape index (κ2) is 4.59. The summed E-state index contributed by atoms with van der Waals surface area (Å²) in [5.41, 5.74) is 0.0395. The standard InChI is InChI=1S/C14H22ClNO2/c1-9(8-15)18-13(17)16-14-5-10-2-11(6-14)4-12(3-10)7-14/h9-12H,2-8H2,1H3,(H,16,17). The first-order chi connectivity index (χ1) is 8.58. The van der Waals surface area contributed by atoms with Crippen LogP contribution < -0.4 is 5.32 Å². The van der Waals surface area contributed by atoms with Crippen LogP contribution in [0.15, 0.2) is 0 Å². The fourth-order valence-electron chi connectivity index (χ4n) is 4.72. The van der Waals surface area contributed by atoms with Crippen molar-refractivity contribution in [1.29, 1.82) is 0 Å². The number of carbonyl (C=O) groups is 1. The predicted molar refractivity (Wildman–Crippen MR) is 70.7 cm³/mol. The van der Waals surface area contributed by atoms with Gasteiger partial charge in [-0.3, -0.25) is 0 Å². The van der Waals surface area contributed by atoms with E-state index in [1.807, 2.05) is 6.92 Å². The molecule has 0 aromatic carbocycles. The van der Waals surface area contributed by atoms with E-state index in [0.717, 1.165) is 37.0 Å². The van der Waals surface area contributed by atoms with Crippen LogP contribution in [0.5, 0.6) is 0 Å². The Labute approximate surface area is 114 Å². The summed E-state index contributed by atoms with van der Waals surface area (Å²) >= 11 is 5.67. The molecule has 102 valence electrons. The normalized spacial score (nSPS) is 42.7. The molecule has 3 nitrogen and oxygen atoms in total. The molecule has 0 aliphatic heterocycles. The van der Waals surface area contributed by atoms with Crippen molar-refractivity contribution >= 4 is 17.7 Å². The second-order valence-corrected chi connectivity index (χ2v) is 7.00. The van der Waals surface area contributed by atoms with Gasteiger partial charge in [-0.05, 0) is 63.2 Å². The molecule has 1 N–H and O–H groups in total. The zero-order valence-corrected chi connectivity index (χ0v) is 11.7. The van der Waals surface area contributed by atoms with E-state index in [1.165, 1.54) is 19.3 Å². The summed E-state index contributed by atoms with van der Waals surface area (Å²) in [6.45, 7) is 1.83. The lowest BCUT2D eigenvalue weighted by Gasteiger charge is -2.56. The van der Waals surface area contributed by atoms with Crippen molar-refractivity contribution in [3.63, 3.8) is 0 Å². The minimum atomic E-state index is -0.273. The monoisotopic (exact) mass is 271 g/mol. The minimum absolute atomic E-state index is 0.0395. The Bertz CT molecular complexity index is 309. The molecule has 0 aromatic heterocycles. The molecule has 4 aliphatic rings. The van der Waals surface area contributed by atoms with Crippen LogP contribution in [0.2, 0.25) is 0 Å². The Morgan fingerprint density at radius 1 is 1.28 bits per heavy atom. The van der Waals surface area contributed by atoms with Crippen LogP contribution in [0.4, 0.5) is 4.79 Å². The van der Waals surface area contributed by atoms with Gasteiger partial charge in [0.1, 0.15) is 6.10 Å². The highest BCUT2D eigenvalue weighted by Crippen LogP contribution is 2.55. The molecule has 0 heterocycles. The largest absolute Gasteiger partial charge is 0.445 e. The van der Waals surface area contributed by atoms with Crippen molar-refractivity contribution < 1.29 is 9.53 Å². The number of amides is 1. The van der Waals surface area contributed by atoms with E-state index in [9.17, 15) is 4.79 Å². The molecule has 0 saturated heterocycles. The Morgan fingerprint density at radius 2 is 1.78 bits per heavy atom. The molecule has 18 heavy (non-hydrogen) atoms. The number of rotatable bonds is 3. The van der Waals surface area contributed by atoms with Crippen molar-refractivity contribution in [2.75, 3.05) is 5.88 Å². The average molecular weight is 272 g/mol. The van der Waals surface area contributed by atoms with Gasteiger partial charge in [0.25, 0.3) is 0 Å². The highest BCUT2D eigenvalue weighted by Gasteiger charge is 2.51. The van der Waals surface area contributed by atoms with Crippen molar-refractivity contribution in [2.45, 2.75) is 57.1 Å². The highest BCUT2D eigenvalue weighted by molar-refractivity contribution is 6.18. The fraction of sp³-hybridized carbons (Fsp3) is 0.929. The number of alkyl halides is 1. The summed E-state index contributed by atoms with van der Waals surface area (Å²) in [6.07, 6.45) is 7.14. The highest BCUT2D eigenvalue weighted by atomic mass is 35.5. The number of nitrogens with one attached hydrogen (secondary N) is 1. The number of hydrogen-bond donors (Lipinski definition) is 1. The summed E-state index contributed by atoms with van der Waals surface area (Å²) in [5.74, 6) is 2.86. The Morgan fingerprint density at radius 3 is 2.22 bits per heavy atom. The molecule has 0 spiro atoms. The molecule has 1 amide bonds. The van der Waals surface area contributed by atoms with Gasteiger partial charge >= 0.3 is 6.09 Å². The van der Waals surface area contributed by atoms with Crippen molar-refractivity contribution in [3.8, 4) is 0 Å². The Hall–Kier alpha value is -0.440. The van der Waals surface area contributed by atoms with Gasteiger partial charge in [-0.1, -0.05) is 0 Å². The van der Waals surface area contributed by atoms with Gasteiger partial charge in [0.05, 0.1) is 5.88 Å². The number of halogens is 1. The molecule has 4 heteroatoms. The second-order valence-electron chi connectivity index (χ2n) is 6.69. The van der Waals surface area contributed by atoms with Crippen molar-refractivity contribution in [2.24, 2.45) is 17.8 Å². The predicted octanol–water partition coefficient (Wildman–Crippen LogP) is 3.31. The van der Waals surface area contributed by atoms with Gasteiger partial charge in [-0.15, -0.1) is 11.6 Å². The summed E-state index contributed by atoms with van der Waals surface area (Å²) in [6, 6.07) is 0. The number of carbonyl (C=O) groups excluding carboxylic acids is 1. The van der Waals surface area contributed by atoms with Crippen molar-refractivity contribution in [1.82, 2.24) is 5.32 Å². The van der Waals surface area contributed by atoms with Gasteiger partial charge in [-0.25, -0.2) is 4.79 Å². The average Bonchev–Trinajstić information content (AvgIpc) is 2.25. The minimum Gasteiger partial charge on any atom is -0.445 e. The summed E-state index contributed by atoms with van der Waals surface area (Å²) in [7, 11) is 0. The summed E-state index contributed by atoms with van der Waals surface area (Å²) in [4.78, 5) is 11.9. The first-order valence-corrected chi connectivity index (χ1v) is 7.67. The van der Waals surface area contributed by atoms with Crippen LogP contribution >= 0.6 is 11.6 Å². The number of hydrogen-bond acceptors (Lipinski definition) is 2. The van der Waals surface area contributed by atoms with Gasteiger partial charge in [0, 0.05) is 5.54 Å². The number of ether oxygens (including phenoxy) is 1. The van der Waals surface area contributed by atoms with Crippen molar-refractivity contribution in [3.05, 3.63) is 0 Å². The molecule has 0 radical (unpaired) electrons. The first-order valence-electron chi connectivity index (χ1n) is 7.13. The lowest BCUT2D eigenvalue weighted by Crippen LogP contribution is -2.60. The summed E-state index contributed by atoms with van der Waals surface area (Å²) in [5, 5.41) is 3.17. The number of alkyl carbamates (subject to hydrolysis) is 1. The van der Waals surface area contributed by atoms with E-state index in [-0.39, 0.29) is 17.7 Å². The Balaban J connectivity index is 1.63. The van der Waals surface area contributed by atoms with Crippen LogP contribution in [0.3, 0.4) is 0 Å². The van der Waals surface area contributed by atoms with Crippen LogP contribution in [0.1, 0.15) is 45.4 Å². The van der Waals surface area contributed by atoms with E-state index in [2.05, 4.69) is 5.32 Å². The zero-order chi connectivity index (χ0) is 12.8. The maximum atomic E-state index is 11.9. The lowest BCUT2D eigenvalue weighted by molar-refractivity contribution is -0.0207. The van der Waals surface area contributed by atoms with E-state index in [0.29, 0.717) is 5.88 Å². The molecular formula is C14H22ClNO2. The van der Waals surface area contributed by atoms with Crippen LogP contribution in [-0.2, 0) is 4.74 Å². The Kier molecular flexibility index (Phi) is 3.21. The van der Waals surface area contributed by atoms with Gasteiger partial charge < -0.3 is 10.1 Å². The molecule has 4 aliphatic carbocycles.